The van der Waals surface area contributed by atoms with Gasteiger partial charge in [-0.15, -0.1) is 0 Å². The van der Waals surface area contributed by atoms with Crippen LogP contribution >= 0.6 is 0 Å². The van der Waals surface area contributed by atoms with Crippen molar-refractivity contribution in [1.82, 2.24) is 10.2 Å². The van der Waals surface area contributed by atoms with Crippen LogP contribution in [0.15, 0.2) is 71.3 Å². The van der Waals surface area contributed by atoms with Gasteiger partial charge in [0, 0.05) is 44.0 Å². The Bertz CT molecular complexity index is 1020. The third kappa shape index (κ3) is 5.91. The molecule has 1 aliphatic rings. The third-order valence-corrected chi connectivity index (χ3v) is 6.01. The second-order valence-corrected chi connectivity index (χ2v) is 8.65. The number of carbonyl (C=O) groups is 1. The van der Waals surface area contributed by atoms with Crippen molar-refractivity contribution in [3.63, 3.8) is 0 Å². The van der Waals surface area contributed by atoms with Gasteiger partial charge in [0.25, 0.3) is 5.91 Å². The topological polar surface area (TPSA) is 67.2 Å². The Balaban J connectivity index is 1.36. The highest BCUT2D eigenvalue weighted by Crippen LogP contribution is 2.25. The molecule has 34 heavy (non-hydrogen) atoms. The Morgan fingerprint density at radius 1 is 0.971 bits per heavy atom. The van der Waals surface area contributed by atoms with E-state index >= 15 is 0 Å². The molecule has 0 radical (unpaired) electrons. The van der Waals surface area contributed by atoms with Gasteiger partial charge in [0.2, 0.25) is 0 Å². The number of benzene rings is 2. The van der Waals surface area contributed by atoms with Gasteiger partial charge in [-0.2, -0.15) is 0 Å². The van der Waals surface area contributed by atoms with Crippen LogP contribution in [0.2, 0.25) is 0 Å². The van der Waals surface area contributed by atoms with Crippen LogP contribution in [0.1, 0.15) is 36.0 Å². The van der Waals surface area contributed by atoms with E-state index in [1.54, 1.807) is 25.5 Å². The summed E-state index contributed by atoms with van der Waals surface area (Å²) in [5.74, 6) is 2.37. The van der Waals surface area contributed by atoms with Crippen LogP contribution in [-0.2, 0) is 0 Å². The molecule has 7 heteroatoms. The summed E-state index contributed by atoms with van der Waals surface area (Å²) in [6.45, 7) is 7.96. The molecule has 1 saturated heterocycles. The van der Waals surface area contributed by atoms with E-state index in [0.29, 0.717) is 12.1 Å². The quantitative estimate of drug-likeness (QED) is 0.508. The lowest BCUT2D eigenvalue weighted by Crippen LogP contribution is -2.49. The largest absolute Gasteiger partial charge is 0.497 e. The van der Waals surface area contributed by atoms with Gasteiger partial charge in [-0.25, -0.2) is 0 Å². The van der Waals surface area contributed by atoms with Gasteiger partial charge in [-0.05, 0) is 74.5 Å². The van der Waals surface area contributed by atoms with Crippen LogP contribution in [-0.4, -0.2) is 56.7 Å². The minimum atomic E-state index is -0.107. The average Bonchev–Trinajstić information content (AvgIpc) is 3.39. The monoisotopic (exact) mass is 463 g/mol. The molecule has 1 aliphatic heterocycles. The summed E-state index contributed by atoms with van der Waals surface area (Å²) in [5.41, 5.74) is 1.80. The molecule has 2 heterocycles. The normalized spacial score (nSPS) is 15.2. The SMILES string of the molecule is COc1ccc(N2CCN(C(CNC(=O)c3ccc(OC(C)C)cc3)c3ccco3)CC2)cc1. The van der Waals surface area contributed by atoms with Crippen molar-refractivity contribution in [2.75, 3.05) is 44.7 Å². The van der Waals surface area contributed by atoms with Crippen LogP contribution in [0, 0.1) is 0 Å². The van der Waals surface area contributed by atoms with Crippen molar-refractivity contribution in [3.05, 3.63) is 78.3 Å². The lowest BCUT2D eigenvalue weighted by atomic mass is 10.1. The summed E-state index contributed by atoms with van der Waals surface area (Å²) in [6, 6.07) is 19.3. The highest BCUT2D eigenvalue weighted by atomic mass is 16.5. The highest BCUT2D eigenvalue weighted by molar-refractivity contribution is 5.94. The van der Waals surface area contributed by atoms with E-state index in [2.05, 4.69) is 27.2 Å². The predicted octanol–water partition coefficient (Wildman–Crippen LogP) is 4.37. The molecular formula is C27H33N3O4. The zero-order valence-corrected chi connectivity index (χ0v) is 20.1. The van der Waals surface area contributed by atoms with E-state index in [4.69, 9.17) is 13.9 Å². The molecule has 7 nitrogen and oxygen atoms in total. The van der Waals surface area contributed by atoms with Gasteiger partial charge in [0.05, 0.1) is 25.5 Å². The molecule has 1 atom stereocenters. The van der Waals surface area contributed by atoms with Gasteiger partial charge in [-0.3, -0.25) is 9.69 Å². The Kier molecular flexibility index (Phi) is 7.75. The molecule has 3 aromatic rings. The second kappa shape index (κ2) is 11.1. The first-order valence-electron chi connectivity index (χ1n) is 11.7. The number of nitrogens with zero attached hydrogens (tertiary/aromatic N) is 2. The number of methoxy groups -OCH3 is 1. The first kappa shape index (κ1) is 23.7. The number of ether oxygens (including phenoxy) is 2. The second-order valence-electron chi connectivity index (χ2n) is 8.65. The van der Waals surface area contributed by atoms with E-state index in [0.717, 1.165) is 43.4 Å². The number of piperazine rings is 1. The van der Waals surface area contributed by atoms with Gasteiger partial charge < -0.3 is 24.1 Å². The summed E-state index contributed by atoms with van der Waals surface area (Å²) in [5, 5.41) is 3.09. The van der Waals surface area contributed by atoms with E-state index in [1.807, 2.05) is 50.2 Å². The molecule has 2 aromatic carbocycles. The Morgan fingerprint density at radius 3 is 2.24 bits per heavy atom. The molecule has 0 bridgehead atoms. The van der Waals surface area contributed by atoms with Crippen LogP contribution in [0.4, 0.5) is 5.69 Å². The number of amides is 1. The number of anilines is 1. The third-order valence-electron chi connectivity index (χ3n) is 6.01. The predicted molar refractivity (Wildman–Crippen MR) is 133 cm³/mol. The molecule has 0 aliphatic carbocycles. The number of carbonyl (C=O) groups excluding carboxylic acids is 1. The summed E-state index contributed by atoms with van der Waals surface area (Å²) in [6.07, 6.45) is 1.78. The van der Waals surface area contributed by atoms with Crippen molar-refractivity contribution in [2.24, 2.45) is 0 Å². The van der Waals surface area contributed by atoms with Crippen LogP contribution in [0.5, 0.6) is 11.5 Å². The molecule has 1 unspecified atom stereocenters. The highest BCUT2D eigenvalue weighted by Gasteiger charge is 2.27. The zero-order valence-electron chi connectivity index (χ0n) is 20.1. The molecule has 1 fully saturated rings. The van der Waals surface area contributed by atoms with Gasteiger partial charge in [-0.1, -0.05) is 0 Å². The number of nitrogens with one attached hydrogen (secondary N) is 1. The average molecular weight is 464 g/mol. The minimum absolute atomic E-state index is 0.0273. The summed E-state index contributed by atoms with van der Waals surface area (Å²) < 4.78 is 16.7. The number of furan rings is 1. The molecule has 1 N–H and O–H groups in total. The van der Waals surface area contributed by atoms with Crippen molar-refractivity contribution < 1.29 is 18.7 Å². The van der Waals surface area contributed by atoms with E-state index in [-0.39, 0.29) is 18.1 Å². The summed E-state index contributed by atoms with van der Waals surface area (Å²) >= 11 is 0. The first-order valence-corrected chi connectivity index (χ1v) is 11.7. The zero-order chi connectivity index (χ0) is 23.9. The van der Waals surface area contributed by atoms with Gasteiger partial charge in [0.15, 0.2) is 0 Å². The fraction of sp³-hybridized carbons (Fsp3) is 0.370. The van der Waals surface area contributed by atoms with E-state index in [9.17, 15) is 4.79 Å². The number of rotatable bonds is 9. The van der Waals surface area contributed by atoms with Crippen molar-refractivity contribution in [3.8, 4) is 11.5 Å². The minimum Gasteiger partial charge on any atom is -0.497 e. The Labute approximate surface area is 201 Å². The van der Waals surface area contributed by atoms with E-state index in [1.165, 1.54) is 5.69 Å². The molecule has 4 rings (SSSR count). The standard InChI is InChI=1S/C27H33N3O4/c1-20(2)34-24-10-6-21(7-11-24)27(31)28-19-25(26-5-4-18-33-26)30-16-14-29(15-17-30)22-8-12-23(32-3)13-9-22/h4-13,18,20,25H,14-17,19H2,1-3H3,(H,28,31). The van der Waals surface area contributed by atoms with Gasteiger partial charge >= 0.3 is 0 Å². The molecule has 1 aromatic heterocycles. The maximum Gasteiger partial charge on any atom is 0.251 e. The van der Waals surface area contributed by atoms with Crippen molar-refractivity contribution >= 4 is 11.6 Å². The van der Waals surface area contributed by atoms with Gasteiger partial charge in [0.1, 0.15) is 17.3 Å². The lowest BCUT2D eigenvalue weighted by molar-refractivity contribution is 0.0923. The maximum absolute atomic E-state index is 12.8. The fourth-order valence-corrected chi connectivity index (χ4v) is 4.22. The fourth-order valence-electron chi connectivity index (χ4n) is 4.22. The Hall–Kier alpha value is -3.45. The lowest BCUT2D eigenvalue weighted by Gasteiger charge is -2.39. The van der Waals surface area contributed by atoms with Crippen molar-refractivity contribution in [2.45, 2.75) is 26.0 Å². The van der Waals surface area contributed by atoms with E-state index < -0.39 is 0 Å². The molecule has 0 spiro atoms. The molecule has 180 valence electrons. The van der Waals surface area contributed by atoms with Crippen LogP contribution < -0.4 is 19.7 Å². The van der Waals surface area contributed by atoms with Crippen molar-refractivity contribution in [1.29, 1.82) is 0 Å². The van der Waals surface area contributed by atoms with Crippen LogP contribution in [0.3, 0.4) is 0 Å². The smallest absolute Gasteiger partial charge is 0.251 e. The molecule has 0 saturated carbocycles. The van der Waals surface area contributed by atoms with Crippen LogP contribution in [0.25, 0.3) is 0 Å². The maximum atomic E-state index is 12.8. The molecule has 1 amide bonds. The first-order chi connectivity index (χ1) is 16.5. The molecular weight excluding hydrogens is 430 g/mol. The summed E-state index contributed by atoms with van der Waals surface area (Å²) in [4.78, 5) is 17.5. The number of hydrogen-bond donors (Lipinski definition) is 1. The Morgan fingerprint density at radius 2 is 1.65 bits per heavy atom. The number of hydrogen-bond acceptors (Lipinski definition) is 6. The summed E-state index contributed by atoms with van der Waals surface area (Å²) in [7, 11) is 1.68.